The predicted octanol–water partition coefficient (Wildman–Crippen LogP) is 2.63. The Morgan fingerprint density at radius 2 is 1.64 bits per heavy atom. The highest BCUT2D eigenvalue weighted by atomic mass is 32.2. The number of carbonyl (C=O) groups excluding carboxylic acids is 1. The fourth-order valence-corrected chi connectivity index (χ4v) is 3.38. The van der Waals surface area contributed by atoms with Crippen molar-refractivity contribution in [1.82, 2.24) is 9.62 Å². The van der Waals surface area contributed by atoms with E-state index in [4.69, 9.17) is 0 Å². The Kier molecular flexibility index (Phi) is 6.91. The van der Waals surface area contributed by atoms with E-state index in [1.165, 1.54) is 10.4 Å². The molecule has 0 radical (unpaired) electrons. The maximum atomic E-state index is 12.7. The molecule has 0 aliphatic rings. The minimum Gasteiger partial charge on any atom is -0.355 e. The third kappa shape index (κ3) is 6.17. The van der Waals surface area contributed by atoms with Crippen molar-refractivity contribution in [3.63, 3.8) is 0 Å². The van der Waals surface area contributed by atoms with Gasteiger partial charge >= 0.3 is 0 Å². The zero-order valence-electron chi connectivity index (χ0n) is 14.1. The number of amides is 1. The first-order valence-electron chi connectivity index (χ1n) is 8.05. The van der Waals surface area contributed by atoms with E-state index in [-0.39, 0.29) is 19.0 Å². The van der Waals surface area contributed by atoms with Gasteiger partial charge in [0.25, 0.3) is 0 Å². The number of benzene rings is 2. The standard InChI is InChI=1S/C19H22N2O3S/c1-2-20-19(22)16-21(15-18-11-7-4-8-12-18)25(23,24)14-13-17-9-5-3-6-10-17/h3-14H,2,15-16H2,1H3,(H,20,22)/b14-13+. The van der Waals surface area contributed by atoms with Gasteiger partial charge in [0.05, 0.1) is 6.54 Å². The Morgan fingerprint density at radius 1 is 1.04 bits per heavy atom. The molecule has 1 amide bonds. The molecule has 5 nitrogen and oxygen atoms in total. The molecule has 25 heavy (non-hydrogen) atoms. The van der Waals surface area contributed by atoms with E-state index in [1.54, 1.807) is 6.92 Å². The van der Waals surface area contributed by atoms with Gasteiger partial charge in [0.15, 0.2) is 0 Å². The van der Waals surface area contributed by atoms with Crippen LogP contribution in [0.4, 0.5) is 0 Å². The molecular weight excluding hydrogens is 336 g/mol. The fourth-order valence-electron chi connectivity index (χ4n) is 2.25. The second-order valence-electron chi connectivity index (χ2n) is 5.47. The SMILES string of the molecule is CCNC(=O)CN(Cc1ccccc1)S(=O)(=O)/C=C/c1ccccc1. The molecule has 0 unspecified atom stereocenters. The number of rotatable bonds is 8. The Bertz CT molecular complexity index is 803. The molecule has 2 aromatic rings. The fraction of sp³-hybridized carbons (Fsp3) is 0.211. The van der Waals surface area contributed by atoms with E-state index in [0.29, 0.717) is 6.54 Å². The largest absolute Gasteiger partial charge is 0.355 e. The van der Waals surface area contributed by atoms with Crippen molar-refractivity contribution >= 4 is 22.0 Å². The van der Waals surface area contributed by atoms with Crippen LogP contribution in [0.3, 0.4) is 0 Å². The van der Waals surface area contributed by atoms with Gasteiger partial charge in [-0.3, -0.25) is 4.79 Å². The molecule has 0 fully saturated rings. The highest BCUT2D eigenvalue weighted by Crippen LogP contribution is 2.12. The van der Waals surface area contributed by atoms with E-state index in [0.717, 1.165) is 16.5 Å². The van der Waals surface area contributed by atoms with Crippen molar-refractivity contribution < 1.29 is 13.2 Å². The van der Waals surface area contributed by atoms with Crippen molar-refractivity contribution in [1.29, 1.82) is 0 Å². The number of nitrogens with zero attached hydrogens (tertiary/aromatic N) is 1. The molecule has 0 saturated carbocycles. The molecule has 0 bridgehead atoms. The van der Waals surface area contributed by atoms with E-state index in [1.807, 2.05) is 60.7 Å². The zero-order chi connectivity index (χ0) is 18.1. The number of likely N-dealkylation sites (N-methyl/N-ethyl adjacent to an activating group) is 1. The summed E-state index contributed by atoms with van der Waals surface area (Å²) < 4.78 is 26.6. The number of sulfonamides is 1. The van der Waals surface area contributed by atoms with Crippen LogP contribution in [-0.2, 0) is 21.4 Å². The first-order valence-corrected chi connectivity index (χ1v) is 9.55. The normalized spacial score (nSPS) is 11.8. The summed E-state index contributed by atoms with van der Waals surface area (Å²) in [6.07, 6.45) is 1.53. The zero-order valence-corrected chi connectivity index (χ0v) is 14.9. The molecule has 0 heterocycles. The van der Waals surface area contributed by atoms with Gasteiger partial charge in [-0.25, -0.2) is 8.42 Å². The highest BCUT2D eigenvalue weighted by molar-refractivity contribution is 7.92. The van der Waals surface area contributed by atoms with Crippen LogP contribution in [0.15, 0.2) is 66.1 Å². The molecule has 132 valence electrons. The van der Waals surface area contributed by atoms with Gasteiger partial charge in [-0.1, -0.05) is 60.7 Å². The van der Waals surface area contributed by atoms with E-state index >= 15 is 0 Å². The molecule has 0 aromatic heterocycles. The maximum Gasteiger partial charge on any atom is 0.237 e. The number of hydrogen-bond acceptors (Lipinski definition) is 3. The lowest BCUT2D eigenvalue weighted by atomic mass is 10.2. The van der Waals surface area contributed by atoms with Crippen LogP contribution < -0.4 is 5.32 Å². The molecule has 2 rings (SSSR count). The van der Waals surface area contributed by atoms with Gasteiger partial charge in [0.1, 0.15) is 0 Å². The lowest BCUT2D eigenvalue weighted by Crippen LogP contribution is -2.39. The predicted molar refractivity (Wildman–Crippen MR) is 99.9 cm³/mol. The van der Waals surface area contributed by atoms with Crippen molar-refractivity contribution in [2.75, 3.05) is 13.1 Å². The summed E-state index contributed by atoms with van der Waals surface area (Å²) in [6, 6.07) is 18.4. The van der Waals surface area contributed by atoms with Gasteiger partial charge in [-0.05, 0) is 24.1 Å². The van der Waals surface area contributed by atoms with Crippen molar-refractivity contribution in [2.45, 2.75) is 13.5 Å². The van der Waals surface area contributed by atoms with E-state index < -0.39 is 10.0 Å². The molecule has 0 saturated heterocycles. The van der Waals surface area contributed by atoms with Crippen molar-refractivity contribution in [2.24, 2.45) is 0 Å². The molecule has 1 N–H and O–H groups in total. The van der Waals surface area contributed by atoms with Crippen LogP contribution in [0, 0.1) is 0 Å². The number of nitrogens with one attached hydrogen (secondary N) is 1. The minimum atomic E-state index is -3.74. The molecule has 0 spiro atoms. The topological polar surface area (TPSA) is 66.5 Å². The Balaban J connectivity index is 2.22. The van der Waals surface area contributed by atoms with Crippen molar-refractivity contribution in [3.8, 4) is 0 Å². The monoisotopic (exact) mass is 358 g/mol. The van der Waals surface area contributed by atoms with Crippen LogP contribution in [0.25, 0.3) is 6.08 Å². The third-order valence-corrected chi connectivity index (χ3v) is 4.95. The van der Waals surface area contributed by atoms with Crippen LogP contribution in [0.1, 0.15) is 18.1 Å². The number of hydrogen-bond donors (Lipinski definition) is 1. The second-order valence-corrected chi connectivity index (χ2v) is 7.28. The first kappa shape index (κ1) is 18.9. The van der Waals surface area contributed by atoms with Crippen molar-refractivity contribution in [3.05, 3.63) is 77.2 Å². The maximum absolute atomic E-state index is 12.7. The van der Waals surface area contributed by atoms with Gasteiger partial charge in [-0.2, -0.15) is 4.31 Å². The number of carbonyl (C=O) groups is 1. The molecule has 0 aliphatic heterocycles. The highest BCUT2D eigenvalue weighted by Gasteiger charge is 2.22. The quantitative estimate of drug-likeness (QED) is 0.789. The van der Waals surface area contributed by atoms with Crippen LogP contribution in [0.5, 0.6) is 0 Å². The lowest BCUT2D eigenvalue weighted by molar-refractivity contribution is -0.121. The summed E-state index contributed by atoms with van der Waals surface area (Å²) in [7, 11) is -3.74. The second kappa shape index (κ2) is 9.15. The van der Waals surface area contributed by atoms with E-state index in [9.17, 15) is 13.2 Å². The van der Waals surface area contributed by atoms with Crippen LogP contribution in [-0.4, -0.2) is 31.7 Å². The Hall–Kier alpha value is -2.44. The summed E-state index contributed by atoms with van der Waals surface area (Å²) in [5, 5.41) is 3.78. The van der Waals surface area contributed by atoms with Crippen LogP contribution in [0.2, 0.25) is 0 Å². The van der Waals surface area contributed by atoms with Gasteiger partial charge in [0, 0.05) is 18.5 Å². The van der Waals surface area contributed by atoms with E-state index in [2.05, 4.69) is 5.32 Å². The van der Waals surface area contributed by atoms with Crippen LogP contribution >= 0.6 is 0 Å². The average Bonchev–Trinajstić information content (AvgIpc) is 2.61. The Labute approximate surface area is 149 Å². The first-order chi connectivity index (χ1) is 12.0. The average molecular weight is 358 g/mol. The third-order valence-electron chi connectivity index (χ3n) is 3.49. The van der Waals surface area contributed by atoms with Gasteiger partial charge in [0.2, 0.25) is 15.9 Å². The summed E-state index contributed by atoms with van der Waals surface area (Å²) in [5.74, 6) is -0.324. The molecular formula is C19H22N2O3S. The Morgan fingerprint density at radius 3 is 2.24 bits per heavy atom. The van der Waals surface area contributed by atoms with Gasteiger partial charge < -0.3 is 5.32 Å². The minimum absolute atomic E-state index is 0.138. The molecule has 6 heteroatoms. The summed E-state index contributed by atoms with van der Waals surface area (Å²) >= 11 is 0. The molecule has 0 aliphatic carbocycles. The molecule has 2 aromatic carbocycles. The molecule has 0 atom stereocenters. The summed E-state index contributed by atoms with van der Waals surface area (Å²) in [4.78, 5) is 11.9. The summed E-state index contributed by atoms with van der Waals surface area (Å²) in [6.45, 7) is 2.17. The summed E-state index contributed by atoms with van der Waals surface area (Å²) in [5.41, 5.74) is 1.60. The van der Waals surface area contributed by atoms with Gasteiger partial charge in [-0.15, -0.1) is 0 Å². The smallest absolute Gasteiger partial charge is 0.237 e. The lowest BCUT2D eigenvalue weighted by Gasteiger charge is -2.20.